The number of carboxylic acid groups (broad SMARTS) is 1. The molecule has 0 spiro atoms. The van der Waals surface area contributed by atoms with Crippen molar-refractivity contribution >= 4 is 46.1 Å². The minimum atomic E-state index is -2.08. The third kappa shape index (κ3) is 4.62. The largest absolute Gasteiger partial charge is 0.550 e. The van der Waals surface area contributed by atoms with Gasteiger partial charge in [-0.15, -0.1) is 0 Å². The molecule has 0 saturated heterocycles. The summed E-state index contributed by atoms with van der Waals surface area (Å²) < 4.78 is 0. The fourth-order valence-electron chi connectivity index (χ4n) is 3.54. The SMILES string of the molecule is CC(=O)[O-].Clc1ccccc1[P+](c1ccccc1)(c1ccccc1)c1ccccc1. The molecule has 4 heteroatoms. The Morgan fingerprint density at radius 1 is 0.633 bits per heavy atom. The van der Waals surface area contributed by atoms with Gasteiger partial charge in [-0.05, 0) is 55.5 Å². The second kappa shape index (κ2) is 10.2. The van der Waals surface area contributed by atoms with Crippen molar-refractivity contribution in [3.8, 4) is 0 Å². The molecular weight excluding hydrogens is 411 g/mol. The summed E-state index contributed by atoms with van der Waals surface area (Å²) >= 11 is 6.79. The van der Waals surface area contributed by atoms with Crippen LogP contribution in [-0.2, 0) is 4.79 Å². The maximum absolute atomic E-state index is 8.89. The summed E-state index contributed by atoms with van der Waals surface area (Å²) in [5, 5.41) is 14.8. The van der Waals surface area contributed by atoms with Crippen LogP contribution in [-0.4, -0.2) is 5.97 Å². The van der Waals surface area contributed by atoms with Gasteiger partial charge in [0.1, 0.15) is 28.5 Å². The Morgan fingerprint density at radius 2 is 0.933 bits per heavy atom. The van der Waals surface area contributed by atoms with Crippen LogP contribution < -0.4 is 26.3 Å². The number of rotatable bonds is 4. The Kier molecular flexibility index (Phi) is 7.41. The van der Waals surface area contributed by atoms with Crippen molar-refractivity contribution in [2.24, 2.45) is 0 Å². The molecule has 0 radical (unpaired) electrons. The molecule has 0 amide bonds. The van der Waals surface area contributed by atoms with Gasteiger partial charge < -0.3 is 9.90 Å². The number of carbonyl (C=O) groups excluding carboxylic acids is 1. The highest BCUT2D eigenvalue weighted by Crippen LogP contribution is 2.55. The van der Waals surface area contributed by atoms with E-state index in [1.807, 2.05) is 12.1 Å². The zero-order valence-corrected chi connectivity index (χ0v) is 18.3. The molecule has 30 heavy (non-hydrogen) atoms. The van der Waals surface area contributed by atoms with E-state index in [-0.39, 0.29) is 0 Å². The third-order valence-electron chi connectivity index (χ3n) is 4.64. The van der Waals surface area contributed by atoms with Gasteiger partial charge in [-0.1, -0.05) is 78.3 Å². The Bertz CT molecular complexity index is 983. The minimum absolute atomic E-state index is 0.817. The standard InChI is InChI=1S/C24H19ClP.C2H4O2/c25-23-18-10-11-19-24(23)26(20-12-4-1-5-13-20,21-14-6-2-7-15-21)22-16-8-3-9-17-22;1-2(3)4/h1-19H;1H3,(H,3,4)/q+1;/p-1. The van der Waals surface area contributed by atoms with Crippen LogP contribution in [0.4, 0.5) is 0 Å². The average molecular weight is 433 g/mol. The van der Waals surface area contributed by atoms with Crippen LogP contribution in [0.2, 0.25) is 5.02 Å². The summed E-state index contributed by atoms with van der Waals surface area (Å²) in [5.41, 5.74) is 0. The molecule has 0 fully saturated rings. The topological polar surface area (TPSA) is 40.1 Å². The van der Waals surface area contributed by atoms with Gasteiger partial charge in [0, 0.05) is 5.97 Å². The molecule has 0 aliphatic heterocycles. The number of carboxylic acids is 1. The molecule has 4 rings (SSSR count). The highest BCUT2D eigenvalue weighted by molar-refractivity contribution is 8.01. The zero-order chi connectivity index (χ0) is 21.4. The van der Waals surface area contributed by atoms with Gasteiger partial charge >= 0.3 is 0 Å². The van der Waals surface area contributed by atoms with Crippen molar-refractivity contribution in [3.63, 3.8) is 0 Å². The summed E-state index contributed by atoms with van der Waals surface area (Å²) in [6, 6.07) is 40.6. The normalized spacial score (nSPS) is 10.6. The van der Waals surface area contributed by atoms with Crippen LogP contribution in [0.25, 0.3) is 0 Å². The van der Waals surface area contributed by atoms with E-state index in [9.17, 15) is 0 Å². The molecule has 0 aliphatic carbocycles. The second-order valence-corrected chi connectivity index (χ2v) is 10.4. The van der Waals surface area contributed by atoms with E-state index in [4.69, 9.17) is 21.5 Å². The van der Waals surface area contributed by atoms with Gasteiger partial charge in [0.25, 0.3) is 0 Å². The van der Waals surface area contributed by atoms with Crippen LogP contribution in [0.5, 0.6) is 0 Å². The summed E-state index contributed by atoms with van der Waals surface area (Å²) in [6.45, 7) is 0.972. The Hall–Kier alpha value is -2.93. The molecule has 0 atom stereocenters. The van der Waals surface area contributed by atoms with Crippen LogP contribution in [0.1, 0.15) is 6.92 Å². The molecule has 0 aromatic heterocycles. The molecular formula is C26H22ClO2P. The number of carbonyl (C=O) groups is 1. The molecule has 150 valence electrons. The van der Waals surface area contributed by atoms with Gasteiger partial charge in [-0.25, -0.2) is 0 Å². The third-order valence-corrected chi connectivity index (χ3v) is 9.44. The van der Waals surface area contributed by atoms with Crippen molar-refractivity contribution in [1.29, 1.82) is 0 Å². The lowest BCUT2D eigenvalue weighted by Gasteiger charge is -2.28. The number of hydrogen-bond acceptors (Lipinski definition) is 2. The van der Waals surface area contributed by atoms with Gasteiger partial charge in [0.2, 0.25) is 0 Å². The van der Waals surface area contributed by atoms with E-state index in [2.05, 4.69) is 103 Å². The molecule has 0 unspecified atom stereocenters. The monoisotopic (exact) mass is 432 g/mol. The van der Waals surface area contributed by atoms with Gasteiger partial charge in [0.15, 0.2) is 0 Å². The minimum Gasteiger partial charge on any atom is -0.550 e. The first-order chi connectivity index (χ1) is 14.6. The van der Waals surface area contributed by atoms with E-state index in [0.717, 1.165) is 11.9 Å². The molecule has 0 bridgehead atoms. The highest BCUT2D eigenvalue weighted by Gasteiger charge is 2.48. The van der Waals surface area contributed by atoms with Crippen molar-refractivity contribution in [3.05, 3.63) is 120 Å². The van der Waals surface area contributed by atoms with Crippen LogP contribution in [0.15, 0.2) is 115 Å². The predicted molar refractivity (Wildman–Crippen MR) is 127 cm³/mol. The van der Waals surface area contributed by atoms with E-state index >= 15 is 0 Å². The van der Waals surface area contributed by atoms with E-state index in [0.29, 0.717) is 0 Å². The zero-order valence-electron chi connectivity index (χ0n) is 16.6. The smallest absolute Gasteiger partial charge is 0.145 e. The summed E-state index contributed by atoms with van der Waals surface area (Å²) in [4.78, 5) is 8.89. The number of benzene rings is 4. The average Bonchev–Trinajstić information content (AvgIpc) is 2.77. The molecule has 0 heterocycles. The highest BCUT2D eigenvalue weighted by atomic mass is 35.5. The number of halogens is 1. The van der Waals surface area contributed by atoms with E-state index in [1.165, 1.54) is 21.2 Å². The fraction of sp³-hybridized carbons (Fsp3) is 0.0385. The Labute approximate surface area is 183 Å². The van der Waals surface area contributed by atoms with E-state index in [1.54, 1.807) is 0 Å². The van der Waals surface area contributed by atoms with E-state index < -0.39 is 13.2 Å². The predicted octanol–water partition coefficient (Wildman–Crippen LogP) is 3.72. The van der Waals surface area contributed by atoms with Crippen molar-refractivity contribution < 1.29 is 9.90 Å². The summed E-state index contributed by atoms with van der Waals surface area (Å²) in [5.74, 6) is -1.08. The lowest BCUT2D eigenvalue weighted by Crippen LogP contribution is -2.39. The molecule has 0 N–H and O–H groups in total. The number of aliphatic carboxylic acids is 1. The number of hydrogen-bond donors (Lipinski definition) is 0. The maximum atomic E-state index is 8.89. The Morgan fingerprint density at radius 3 is 1.27 bits per heavy atom. The first-order valence-corrected chi connectivity index (χ1v) is 11.7. The summed E-state index contributed by atoms with van der Waals surface area (Å²) in [6.07, 6.45) is 0. The van der Waals surface area contributed by atoms with Crippen molar-refractivity contribution in [1.82, 2.24) is 0 Å². The first kappa shape index (κ1) is 21.8. The molecule has 4 aromatic rings. The van der Waals surface area contributed by atoms with Gasteiger partial charge in [-0.3, -0.25) is 0 Å². The molecule has 0 aliphatic rings. The van der Waals surface area contributed by atoms with Crippen molar-refractivity contribution in [2.45, 2.75) is 6.92 Å². The lowest BCUT2D eigenvalue weighted by atomic mass is 10.3. The second-order valence-electron chi connectivity index (χ2n) is 6.62. The van der Waals surface area contributed by atoms with Crippen molar-refractivity contribution in [2.75, 3.05) is 0 Å². The Balaban J connectivity index is 0.000000589. The van der Waals surface area contributed by atoms with Crippen LogP contribution in [0.3, 0.4) is 0 Å². The van der Waals surface area contributed by atoms with Crippen LogP contribution >= 0.6 is 18.9 Å². The lowest BCUT2D eigenvalue weighted by molar-refractivity contribution is -0.302. The quantitative estimate of drug-likeness (QED) is 0.461. The van der Waals surface area contributed by atoms with Gasteiger partial charge in [0.05, 0.1) is 5.02 Å². The maximum Gasteiger partial charge on any atom is 0.145 e. The molecule has 2 nitrogen and oxygen atoms in total. The summed E-state index contributed by atoms with van der Waals surface area (Å²) in [7, 11) is -2.08. The van der Waals surface area contributed by atoms with Gasteiger partial charge in [-0.2, -0.15) is 0 Å². The fourth-order valence-corrected chi connectivity index (χ4v) is 8.35. The molecule has 0 saturated carbocycles. The first-order valence-electron chi connectivity index (χ1n) is 9.55. The van der Waals surface area contributed by atoms with Crippen LogP contribution in [0, 0.1) is 0 Å². The molecule has 4 aromatic carbocycles.